The standard InChI is InChI=1S/C10H20N2O3/c1-10(4-3-5-15-10)7-12-9(13)8(6-11)14-2/h8H,3-7,11H2,1-2H3,(H,12,13). The van der Waals surface area contributed by atoms with Crippen LogP contribution >= 0.6 is 0 Å². The number of amides is 1. The van der Waals surface area contributed by atoms with E-state index in [0.717, 1.165) is 19.4 Å². The normalized spacial score (nSPS) is 27.7. The van der Waals surface area contributed by atoms with Crippen molar-refractivity contribution >= 4 is 5.91 Å². The predicted octanol–water partition coefficient (Wildman–Crippen LogP) is -0.355. The summed E-state index contributed by atoms with van der Waals surface area (Å²) in [5.74, 6) is -0.170. The zero-order valence-electron chi connectivity index (χ0n) is 9.41. The van der Waals surface area contributed by atoms with Gasteiger partial charge in [-0.2, -0.15) is 0 Å². The van der Waals surface area contributed by atoms with E-state index in [9.17, 15) is 4.79 Å². The third-order valence-corrected chi connectivity index (χ3v) is 2.73. The Kier molecular flexibility index (Phi) is 4.50. The summed E-state index contributed by atoms with van der Waals surface area (Å²) in [5.41, 5.74) is 5.16. The van der Waals surface area contributed by atoms with Gasteiger partial charge in [-0.15, -0.1) is 0 Å². The van der Waals surface area contributed by atoms with Gasteiger partial charge in [-0.1, -0.05) is 0 Å². The first-order valence-corrected chi connectivity index (χ1v) is 5.26. The molecule has 0 aromatic heterocycles. The highest BCUT2D eigenvalue weighted by Crippen LogP contribution is 2.23. The molecular weight excluding hydrogens is 196 g/mol. The van der Waals surface area contributed by atoms with E-state index in [1.165, 1.54) is 7.11 Å². The molecule has 0 aromatic carbocycles. The third-order valence-electron chi connectivity index (χ3n) is 2.73. The van der Waals surface area contributed by atoms with Crippen LogP contribution in [-0.4, -0.2) is 44.4 Å². The first kappa shape index (κ1) is 12.4. The molecule has 2 unspecified atom stereocenters. The van der Waals surface area contributed by atoms with E-state index in [0.29, 0.717) is 6.54 Å². The molecule has 1 aliphatic rings. The molecule has 1 amide bonds. The van der Waals surface area contributed by atoms with Crippen molar-refractivity contribution in [3.63, 3.8) is 0 Å². The van der Waals surface area contributed by atoms with E-state index in [4.69, 9.17) is 15.2 Å². The van der Waals surface area contributed by atoms with Gasteiger partial charge < -0.3 is 20.5 Å². The zero-order chi connectivity index (χ0) is 11.3. The fourth-order valence-corrected chi connectivity index (χ4v) is 1.67. The van der Waals surface area contributed by atoms with E-state index >= 15 is 0 Å². The van der Waals surface area contributed by atoms with Gasteiger partial charge in [0.05, 0.1) is 5.60 Å². The highest BCUT2D eigenvalue weighted by molar-refractivity contribution is 5.81. The van der Waals surface area contributed by atoms with E-state index in [1.807, 2.05) is 6.92 Å². The lowest BCUT2D eigenvalue weighted by Crippen LogP contribution is -2.46. The molecule has 3 N–H and O–H groups in total. The molecule has 0 radical (unpaired) electrons. The van der Waals surface area contributed by atoms with Crippen LogP contribution in [0.2, 0.25) is 0 Å². The Hall–Kier alpha value is -0.650. The third kappa shape index (κ3) is 3.44. The molecule has 1 saturated heterocycles. The number of nitrogens with two attached hydrogens (primary N) is 1. The summed E-state index contributed by atoms with van der Waals surface area (Å²) in [6.07, 6.45) is 1.47. The van der Waals surface area contributed by atoms with E-state index in [1.54, 1.807) is 0 Å². The Morgan fingerprint density at radius 1 is 1.73 bits per heavy atom. The first-order valence-electron chi connectivity index (χ1n) is 5.26. The van der Waals surface area contributed by atoms with Gasteiger partial charge in [0.2, 0.25) is 0 Å². The zero-order valence-corrected chi connectivity index (χ0v) is 9.41. The van der Waals surface area contributed by atoms with Crippen LogP contribution in [0.5, 0.6) is 0 Å². The van der Waals surface area contributed by atoms with Crippen molar-refractivity contribution in [2.45, 2.75) is 31.5 Å². The van der Waals surface area contributed by atoms with Crippen LogP contribution in [0.25, 0.3) is 0 Å². The SMILES string of the molecule is COC(CN)C(=O)NCC1(C)CCCO1. The average Bonchev–Trinajstić information content (AvgIpc) is 2.65. The molecule has 5 heteroatoms. The average molecular weight is 216 g/mol. The molecule has 5 nitrogen and oxygen atoms in total. The smallest absolute Gasteiger partial charge is 0.250 e. The molecule has 0 bridgehead atoms. The number of nitrogens with one attached hydrogen (secondary N) is 1. The second kappa shape index (κ2) is 5.44. The van der Waals surface area contributed by atoms with E-state index < -0.39 is 6.10 Å². The second-order valence-corrected chi connectivity index (χ2v) is 4.08. The van der Waals surface area contributed by atoms with Crippen LogP contribution in [-0.2, 0) is 14.3 Å². The number of hydrogen-bond donors (Lipinski definition) is 2. The Bertz CT molecular complexity index is 211. The number of rotatable bonds is 5. The number of carbonyl (C=O) groups excluding carboxylic acids is 1. The van der Waals surface area contributed by atoms with Crippen molar-refractivity contribution in [2.75, 3.05) is 26.8 Å². The minimum absolute atomic E-state index is 0.170. The largest absolute Gasteiger partial charge is 0.373 e. The molecule has 0 aromatic rings. The van der Waals surface area contributed by atoms with Crippen LogP contribution in [0.3, 0.4) is 0 Å². The summed E-state index contributed by atoms with van der Waals surface area (Å²) in [6.45, 7) is 3.49. The van der Waals surface area contributed by atoms with E-state index in [-0.39, 0.29) is 18.1 Å². The molecule has 1 aliphatic heterocycles. The lowest BCUT2D eigenvalue weighted by molar-refractivity contribution is -0.131. The monoisotopic (exact) mass is 216 g/mol. The van der Waals surface area contributed by atoms with Gasteiger partial charge >= 0.3 is 0 Å². The number of carbonyl (C=O) groups is 1. The van der Waals surface area contributed by atoms with Gasteiger partial charge in [-0.3, -0.25) is 4.79 Å². The fraction of sp³-hybridized carbons (Fsp3) is 0.900. The molecule has 88 valence electrons. The van der Waals surface area contributed by atoms with Gasteiger partial charge in [0, 0.05) is 26.8 Å². The van der Waals surface area contributed by atoms with Gasteiger partial charge in [0.15, 0.2) is 0 Å². The molecule has 1 heterocycles. The first-order chi connectivity index (χ1) is 7.11. The van der Waals surface area contributed by atoms with Crippen molar-refractivity contribution in [3.05, 3.63) is 0 Å². The van der Waals surface area contributed by atoms with Gasteiger partial charge in [0.25, 0.3) is 5.91 Å². The Morgan fingerprint density at radius 3 is 2.93 bits per heavy atom. The fourth-order valence-electron chi connectivity index (χ4n) is 1.67. The topological polar surface area (TPSA) is 73.6 Å². The minimum atomic E-state index is -0.560. The summed E-state index contributed by atoms with van der Waals surface area (Å²) >= 11 is 0. The maximum absolute atomic E-state index is 11.5. The molecule has 0 spiro atoms. The molecule has 1 fully saturated rings. The summed E-state index contributed by atoms with van der Waals surface area (Å²) < 4.78 is 10.5. The van der Waals surface area contributed by atoms with Gasteiger partial charge in [-0.05, 0) is 19.8 Å². The molecule has 0 aliphatic carbocycles. The quantitative estimate of drug-likeness (QED) is 0.658. The highest BCUT2D eigenvalue weighted by Gasteiger charge is 2.30. The van der Waals surface area contributed by atoms with Crippen molar-refractivity contribution in [1.29, 1.82) is 0 Å². The van der Waals surface area contributed by atoms with Crippen LogP contribution in [0, 0.1) is 0 Å². The molecule has 0 saturated carbocycles. The van der Waals surface area contributed by atoms with Crippen LogP contribution in [0.4, 0.5) is 0 Å². The maximum Gasteiger partial charge on any atom is 0.250 e. The molecule has 1 rings (SSSR count). The maximum atomic E-state index is 11.5. The van der Waals surface area contributed by atoms with Crippen molar-refractivity contribution in [2.24, 2.45) is 5.73 Å². The van der Waals surface area contributed by atoms with Crippen molar-refractivity contribution in [3.8, 4) is 0 Å². The van der Waals surface area contributed by atoms with Crippen LogP contribution in [0.1, 0.15) is 19.8 Å². The lowest BCUT2D eigenvalue weighted by atomic mass is 10.0. The van der Waals surface area contributed by atoms with Crippen molar-refractivity contribution < 1.29 is 14.3 Å². The van der Waals surface area contributed by atoms with Gasteiger partial charge in [0.1, 0.15) is 6.10 Å². The lowest BCUT2D eigenvalue weighted by Gasteiger charge is -2.24. The predicted molar refractivity (Wildman–Crippen MR) is 56.5 cm³/mol. The Balaban J connectivity index is 2.32. The van der Waals surface area contributed by atoms with Gasteiger partial charge in [-0.25, -0.2) is 0 Å². The summed E-state index contributed by atoms with van der Waals surface area (Å²) in [6, 6.07) is 0. The molecular formula is C10H20N2O3. The Morgan fingerprint density at radius 2 is 2.47 bits per heavy atom. The molecule has 15 heavy (non-hydrogen) atoms. The van der Waals surface area contributed by atoms with Crippen LogP contribution < -0.4 is 11.1 Å². The highest BCUT2D eigenvalue weighted by atomic mass is 16.5. The Labute approximate surface area is 90.3 Å². The molecule has 2 atom stereocenters. The summed E-state index contributed by atoms with van der Waals surface area (Å²) in [5, 5.41) is 2.80. The van der Waals surface area contributed by atoms with E-state index in [2.05, 4.69) is 5.32 Å². The summed E-state index contributed by atoms with van der Waals surface area (Å²) in [7, 11) is 1.48. The number of ether oxygens (including phenoxy) is 2. The number of methoxy groups -OCH3 is 1. The number of hydrogen-bond acceptors (Lipinski definition) is 4. The summed E-state index contributed by atoms with van der Waals surface area (Å²) in [4.78, 5) is 11.5. The van der Waals surface area contributed by atoms with Crippen LogP contribution in [0.15, 0.2) is 0 Å². The second-order valence-electron chi connectivity index (χ2n) is 4.08. The minimum Gasteiger partial charge on any atom is -0.373 e. The van der Waals surface area contributed by atoms with Crippen molar-refractivity contribution in [1.82, 2.24) is 5.32 Å².